The van der Waals surface area contributed by atoms with E-state index in [2.05, 4.69) is 0 Å². The predicted octanol–water partition coefficient (Wildman–Crippen LogP) is 10.4. The predicted molar refractivity (Wildman–Crippen MR) is 117 cm³/mol. The topological polar surface area (TPSA) is 0 Å². The van der Waals surface area contributed by atoms with Gasteiger partial charge in [0.05, 0.1) is 5.56 Å². The first kappa shape index (κ1) is 31.8. The molecule has 0 saturated carbocycles. The lowest BCUT2D eigenvalue weighted by atomic mass is 9.83. The Kier molecular flexibility index (Phi) is 7.20. The highest BCUT2D eigenvalue weighted by Crippen LogP contribution is 2.51. The molecule has 236 valence electrons. The number of hydrogen-bond acceptors (Lipinski definition) is 0. The Morgan fingerprint density at radius 1 is 0.311 bits per heavy atom. The monoisotopic (exact) mass is 668 g/mol. The minimum absolute atomic E-state index is 0.234. The van der Waals surface area contributed by atoms with E-state index in [1.807, 2.05) is 0 Å². The zero-order valence-corrected chi connectivity index (χ0v) is 20.5. The van der Waals surface area contributed by atoms with Crippen LogP contribution in [0.3, 0.4) is 0 Å². The van der Waals surface area contributed by atoms with E-state index in [1.165, 1.54) is 0 Å². The largest absolute Gasteiger partial charge is 0.422 e. The maximum absolute atomic E-state index is 15.4. The molecule has 0 aliphatic rings. The second-order valence-electron chi connectivity index (χ2n) is 9.02. The third kappa shape index (κ3) is 4.28. The summed E-state index contributed by atoms with van der Waals surface area (Å²) in [4.78, 5) is 0. The van der Waals surface area contributed by atoms with Gasteiger partial charge in [0.1, 0.15) is 5.56 Å². The van der Waals surface area contributed by atoms with Crippen LogP contribution in [0.4, 0.5) is 79.0 Å². The third-order valence-corrected chi connectivity index (χ3v) is 6.60. The second kappa shape index (κ2) is 10.2. The summed E-state index contributed by atoms with van der Waals surface area (Å²) in [7, 11) is 0. The van der Waals surface area contributed by atoms with Crippen LogP contribution in [0.5, 0.6) is 0 Å². The summed E-state index contributed by atoms with van der Waals surface area (Å²) in [5.74, 6) is -43.5. The van der Waals surface area contributed by atoms with E-state index < -0.39 is 143 Å². The molecule has 0 fully saturated rings. The Hall–Kier alpha value is -4.64. The summed E-state index contributed by atoms with van der Waals surface area (Å²) in [6, 6.07) is -0.468. The smallest absolute Gasteiger partial charge is 0.204 e. The minimum atomic E-state index is -6.24. The number of alkyl halides is 3. The van der Waals surface area contributed by atoms with Crippen molar-refractivity contribution in [1.29, 1.82) is 0 Å². The molecule has 0 aliphatic heterocycles. The van der Waals surface area contributed by atoms with Crippen LogP contribution in [-0.2, 0) is 6.18 Å². The van der Waals surface area contributed by atoms with Gasteiger partial charge in [0, 0.05) is 32.7 Å². The maximum Gasteiger partial charge on any atom is 0.422 e. The van der Waals surface area contributed by atoms with Crippen LogP contribution in [0.15, 0.2) is 12.1 Å². The van der Waals surface area contributed by atoms with Gasteiger partial charge in [-0.15, -0.1) is 0 Å². The van der Waals surface area contributed by atoms with Gasteiger partial charge in [-0.3, -0.25) is 0 Å². The van der Waals surface area contributed by atoms with Crippen LogP contribution in [0.25, 0.3) is 43.8 Å². The summed E-state index contributed by atoms with van der Waals surface area (Å²) in [6.45, 7) is 0. The van der Waals surface area contributed by atoms with Crippen molar-refractivity contribution >= 4 is 21.5 Å². The molecule has 0 aliphatic carbocycles. The molecule has 0 radical (unpaired) electrons. The minimum Gasteiger partial charge on any atom is -0.204 e. The fraction of sp³-hybridized carbons (Fsp3) is 0.0370. The molecule has 5 aromatic carbocycles. The van der Waals surface area contributed by atoms with Crippen molar-refractivity contribution in [3.05, 3.63) is 105 Å². The van der Waals surface area contributed by atoms with Gasteiger partial charge in [0.2, 0.25) is 0 Å². The zero-order valence-electron chi connectivity index (χ0n) is 20.5. The van der Waals surface area contributed by atoms with E-state index in [1.54, 1.807) is 0 Å². The summed E-state index contributed by atoms with van der Waals surface area (Å²) in [5, 5.41) is -9.05. The van der Waals surface area contributed by atoms with E-state index >= 15 is 26.3 Å². The molecule has 0 bridgehead atoms. The van der Waals surface area contributed by atoms with Crippen molar-refractivity contribution in [2.24, 2.45) is 0 Å². The Morgan fingerprint density at radius 3 is 0.933 bits per heavy atom. The van der Waals surface area contributed by atoms with Gasteiger partial charge >= 0.3 is 6.18 Å². The van der Waals surface area contributed by atoms with Crippen LogP contribution in [0.2, 0.25) is 0 Å². The van der Waals surface area contributed by atoms with E-state index in [-0.39, 0.29) is 12.1 Å². The molecular formula is C27H2F18. The number of fused-ring (bicyclic) bond motifs is 2. The second-order valence-corrected chi connectivity index (χ2v) is 9.02. The molecule has 0 aromatic heterocycles. The highest BCUT2D eigenvalue weighted by atomic mass is 19.4. The lowest BCUT2D eigenvalue weighted by Crippen LogP contribution is -2.16. The van der Waals surface area contributed by atoms with Gasteiger partial charge in [0.25, 0.3) is 0 Å². The zero-order chi connectivity index (χ0) is 33.8. The van der Waals surface area contributed by atoms with Gasteiger partial charge < -0.3 is 0 Å². The normalized spacial score (nSPS) is 12.2. The van der Waals surface area contributed by atoms with Crippen molar-refractivity contribution < 1.29 is 79.0 Å². The molecular weight excluding hydrogens is 666 g/mol. The Labute approximate surface area is 234 Å². The molecule has 0 saturated heterocycles. The van der Waals surface area contributed by atoms with Crippen molar-refractivity contribution in [3.8, 4) is 22.3 Å². The van der Waals surface area contributed by atoms with Crippen LogP contribution in [-0.4, -0.2) is 0 Å². The van der Waals surface area contributed by atoms with Gasteiger partial charge in [-0.1, -0.05) is 0 Å². The first-order valence-electron chi connectivity index (χ1n) is 11.3. The fourth-order valence-corrected chi connectivity index (χ4v) is 4.79. The Morgan fingerprint density at radius 2 is 0.622 bits per heavy atom. The molecule has 0 unspecified atom stereocenters. The van der Waals surface area contributed by atoms with Crippen molar-refractivity contribution in [2.75, 3.05) is 0 Å². The van der Waals surface area contributed by atoms with Gasteiger partial charge in [-0.25, -0.2) is 65.9 Å². The van der Waals surface area contributed by atoms with E-state index in [9.17, 15) is 52.7 Å². The quantitative estimate of drug-likeness (QED) is 0.0761. The van der Waals surface area contributed by atoms with Crippen LogP contribution >= 0.6 is 0 Å². The Bertz CT molecular complexity index is 2010. The van der Waals surface area contributed by atoms with E-state index in [0.717, 1.165) is 0 Å². The molecule has 0 spiro atoms. The number of hydrogen-bond donors (Lipinski definition) is 0. The van der Waals surface area contributed by atoms with Crippen LogP contribution < -0.4 is 0 Å². The number of rotatable bonds is 2. The van der Waals surface area contributed by atoms with Gasteiger partial charge in [-0.05, 0) is 17.7 Å². The summed E-state index contributed by atoms with van der Waals surface area (Å²) >= 11 is 0. The fourth-order valence-electron chi connectivity index (χ4n) is 4.79. The molecule has 0 nitrogen and oxygen atoms in total. The van der Waals surface area contributed by atoms with Gasteiger partial charge in [-0.2, -0.15) is 13.2 Å². The van der Waals surface area contributed by atoms with Gasteiger partial charge in [0.15, 0.2) is 87.3 Å². The Balaban J connectivity index is 2.27. The number of halogens is 18. The maximum atomic E-state index is 15.4. The molecule has 45 heavy (non-hydrogen) atoms. The van der Waals surface area contributed by atoms with Crippen molar-refractivity contribution in [1.82, 2.24) is 0 Å². The first-order valence-corrected chi connectivity index (χ1v) is 11.3. The highest BCUT2D eigenvalue weighted by Gasteiger charge is 2.44. The molecule has 0 heterocycles. The molecule has 5 aromatic rings. The summed E-state index contributed by atoms with van der Waals surface area (Å²) in [5.41, 5.74) is -11.9. The summed E-state index contributed by atoms with van der Waals surface area (Å²) < 4.78 is 260. The van der Waals surface area contributed by atoms with Crippen molar-refractivity contribution in [2.45, 2.75) is 6.18 Å². The molecule has 18 heteroatoms. The third-order valence-electron chi connectivity index (χ3n) is 6.60. The average molecular weight is 668 g/mol. The first-order chi connectivity index (χ1) is 20.7. The standard InChI is InChI=1S/C27H2F18/c28-4-1-3(2-5(29)14(4)30)6-8-10(17(33)25(41)23(39)15(8)31)7(11-9(6)16(32)24(40)26(42)18(11)34)12-19(35)21(37)13(27(43,44)45)22(38)20(12)36/h1-2H. The molecule has 0 N–H and O–H groups in total. The van der Waals surface area contributed by atoms with Crippen LogP contribution in [0.1, 0.15) is 5.56 Å². The van der Waals surface area contributed by atoms with E-state index in [4.69, 9.17) is 0 Å². The lowest BCUT2D eigenvalue weighted by Gasteiger charge is -2.22. The van der Waals surface area contributed by atoms with Crippen molar-refractivity contribution in [3.63, 3.8) is 0 Å². The summed E-state index contributed by atoms with van der Waals surface area (Å²) in [6.07, 6.45) is -6.24. The lowest BCUT2D eigenvalue weighted by molar-refractivity contribution is -0.143. The highest BCUT2D eigenvalue weighted by molar-refractivity contribution is 6.22. The molecule has 0 atom stereocenters. The van der Waals surface area contributed by atoms with E-state index in [0.29, 0.717) is 0 Å². The molecule has 0 amide bonds. The number of benzene rings is 5. The molecule has 5 rings (SSSR count). The SMILES string of the molecule is Fc1cc(-c2c3c(F)c(F)c(F)c(F)c3c(-c3c(F)c(F)c(C(F)(F)F)c(F)c3F)c3c(F)c(F)c(F)c(F)c23)cc(F)c1F. The average Bonchev–Trinajstić information content (AvgIpc) is 2.96. The van der Waals surface area contributed by atoms with Crippen LogP contribution in [0, 0.1) is 87.3 Å².